The van der Waals surface area contributed by atoms with Crippen LogP contribution in [0.5, 0.6) is 0 Å². The van der Waals surface area contributed by atoms with E-state index in [1.165, 1.54) is 0 Å². The number of nitrogens with zero attached hydrogens (tertiary/aromatic N) is 1. The van der Waals surface area contributed by atoms with Crippen LogP contribution in [0.1, 0.15) is 44.6 Å². The fourth-order valence-corrected chi connectivity index (χ4v) is 5.16. The van der Waals surface area contributed by atoms with Crippen molar-refractivity contribution in [3.05, 3.63) is 35.9 Å². The minimum absolute atomic E-state index is 0.0183. The lowest BCUT2D eigenvalue weighted by Crippen LogP contribution is -2.63. The molecule has 1 aliphatic carbocycles. The lowest BCUT2D eigenvalue weighted by Gasteiger charge is -2.47. The van der Waals surface area contributed by atoms with Gasteiger partial charge in [-0.3, -0.25) is 9.69 Å². The van der Waals surface area contributed by atoms with Crippen LogP contribution in [0.15, 0.2) is 30.3 Å². The molecule has 2 fully saturated rings. The van der Waals surface area contributed by atoms with Gasteiger partial charge in [-0.2, -0.15) is 11.8 Å². The first-order valence-corrected chi connectivity index (χ1v) is 11.7. The zero-order valence-electron chi connectivity index (χ0n) is 16.8. The monoisotopic (exact) mass is 406 g/mol. The molecule has 1 aliphatic heterocycles. The predicted molar refractivity (Wildman–Crippen MR) is 114 cm³/mol. The minimum atomic E-state index is -0.733. The van der Waals surface area contributed by atoms with E-state index in [2.05, 4.69) is 17.1 Å². The molecule has 0 unspecified atom stereocenters. The van der Waals surface area contributed by atoms with Crippen molar-refractivity contribution in [1.82, 2.24) is 10.2 Å². The molecular weight excluding hydrogens is 372 g/mol. The molecule has 28 heavy (non-hydrogen) atoms. The topological polar surface area (TPSA) is 72.8 Å². The molecule has 0 aromatic heterocycles. The van der Waals surface area contributed by atoms with Crippen molar-refractivity contribution in [3.8, 4) is 0 Å². The molecule has 3 rings (SSSR count). The number of amides is 1. The number of hydrogen-bond donors (Lipinski definition) is 3. The highest BCUT2D eigenvalue weighted by atomic mass is 32.2. The summed E-state index contributed by atoms with van der Waals surface area (Å²) >= 11 is 1.92. The van der Waals surface area contributed by atoms with Crippen LogP contribution in [-0.4, -0.2) is 64.4 Å². The van der Waals surface area contributed by atoms with Gasteiger partial charge in [-0.05, 0) is 43.4 Å². The van der Waals surface area contributed by atoms with Gasteiger partial charge in [0.15, 0.2) is 0 Å². The summed E-state index contributed by atoms with van der Waals surface area (Å²) in [6.45, 7) is 4.56. The summed E-state index contributed by atoms with van der Waals surface area (Å²) in [5, 5.41) is 24.2. The molecule has 5 nitrogen and oxygen atoms in total. The van der Waals surface area contributed by atoms with E-state index >= 15 is 0 Å². The fourth-order valence-electron chi connectivity index (χ4n) is 4.48. The third-order valence-electron chi connectivity index (χ3n) is 6.28. The van der Waals surface area contributed by atoms with Crippen molar-refractivity contribution in [1.29, 1.82) is 0 Å². The summed E-state index contributed by atoms with van der Waals surface area (Å²) in [6, 6.07) is 9.92. The van der Waals surface area contributed by atoms with Crippen molar-refractivity contribution in [2.75, 3.05) is 31.1 Å². The Balaban J connectivity index is 1.73. The average Bonchev–Trinajstić information content (AvgIpc) is 2.71. The lowest BCUT2D eigenvalue weighted by atomic mass is 9.77. The Hall–Kier alpha value is -1.08. The molecule has 0 radical (unpaired) electrons. The number of benzene rings is 1. The number of rotatable bonds is 7. The highest BCUT2D eigenvalue weighted by Crippen LogP contribution is 2.35. The van der Waals surface area contributed by atoms with Gasteiger partial charge in [0, 0.05) is 31.3 Å². The molecule has 2 aliphatic rings. The largest absolute Gasteiger partial charge is 0.393 e. The maximum atomic E-state index is 13.1. The van der Waals surface area contributed by atoms with Crippen LogP contribution in [0.4, 0.5) is 0 Å². The highest BCUT2D eigenvalue weighted by Gasteiger charge is 2.45. The first-order valence-electron chi connectivity index (χ1n) is 10.6. The summed E-state index contributed by atoms with van der Waals surface area (Å²) in [6.07, 6.45) is 2.58. The van der Waals surface area contributed by atoms with Crippen LogP contribution < -0.4 is 5.32 Å². The van der Waals surface area contributed by atoms with Crippen LogP contribution in [0.3, 0.4) is 0 Å². The van der Waals surface area contributed by atoms with Crippen molar-refractivity contribution >= 4 is 17.7 Å². The molecule has 2 atom stereocenters. The molecule has 0 bridgehead atoms. The van der Waals surface area contributed by atoms with Gasteiger partial charge in [0.1, 0.15) is 0 Å². The number of piperidine rings is 1. The summed E-state index contributed by atoms with van der Waals surface area (Å²) in [5.74, 6) is 2.12. The van der Waals surface area contributed by atoms with Crippen molar-refractivity contribution < 1.29 is 15.0 Å². The van der Waals surface area contributed by atoms with Gasteiger partial charge in [-0.25, -0.2) is 0 Å². The Morgan fingerprint density at radius 3 is 2.57 bits per heavy atom. The SMILES string of the molecule is CCSCCN1CC[C@](NC(=O)C2CCC(O)CC2)(c2ccccc2)[C@H](O)C1. The van der Waals surface area contributed by atoms with E-state index in [1.807, 2.05) is 42.1 Å². The van der Waals surface area contributed by atoms with Crippen LogP contribution in [-0.2, 0) is 10.3 Å². The smallest absolute Gasteiger partial charge is 0.223 e. The second kappa shape index (κ2) is 10.1. The number of likely N-dealkylation sites (tertiary alicyclic amines) is 1. The maximum Gasteiger partial charge on any atom is 0.223 e. The highest BCUT2D eigenvalue weighted by molar-refractivity contribution is 7.99. The van der Waals surface area contributed by atoms with Gasteiger partial charge in [-0.15, -0.1) is 0 Å². The first kappa shape index (κ1) is 21.6. The second-order valence-corrected chi connectivity index (χ2v) is 9.49. The average molecular weight is 407 g/mol. The van der Waals surface area contributed by atoms with Crippen LogP contribution in [0.2, 0.25) is 0 Å². The summed E-state index contributed by atoms with van der Waals surface area (Å²) in [7, 11) is 0. The second-order valence-electron chi connectivity index (χ2n) is 8.10. The van der Waals surface area contributed by atoms with Crippen molar-refractivity contribution in [2.45, 2.75) is 56.8 Å². The molecule has 1 amide bonds. The van der Waals surface area contributed by atoms with Crippen LogP contribution in [0, 0.1) is 5.92 Å². The van der Waals surface area contributed by atoms with E-state index in [1.54, 1.807) is 0 Å². The van der Waals surface area contributed by atoms with E-state index < -0.39 is 11.6 Å². The number of aliphatic hydroxyl groups is 2. The summed E-state index contributed by atoms with van der Waals surface area (Å²) in [5.41, 5.74) is 0.247. The molecule has 1 aromatic carbocycles. The fraction of sp³-hybridized carbons (Fsp3) is 0.682. The zero-order chi connectivity index (χ0) is 20.0. The normalized spacial score (nSPS) is 31.5. The number of nitrogens with one attached hydrogen (secondary N) is 1. The lowest BCUT2D eigenvalue weighted by molar-refractivity contribution is -0.132. The summed E-state index contributed by atoms with van der Waals surface area (Å²) in [4.78, 5) is 15.4. The number of carbonyl (C=O) groups is 1. The maximum absolute atomic E-state index is 13.1. The third kappa shape index (κ3) is 5.09. The molecule has 1 heterocycles. The molecular formula is C22H34N2O3S. The van der Waals surface area contributed by atoms with E-state index in [9.17, 15) is 15.0 Å². The van der Waals surface area contributed by atoms with Crippen LogP contribution in [0.25, 0.3) is 0 Å². The Kier molecular flexibility index (Phi) is 7.80. The quantitative estimate of drug-likeness (QED) is 0.607. The Morgan fingerprint density at radius 1 is 1.21 bits per heavy atom. The van der Waals surface area contributed by atoms with Gasteiger partial charge in [0.05, 0.1) is 17.7 Å². The molecule has 156 valence electrons. The predicted octanol–water partition coefficient (Wildman–Crippen LogP) is 2.37. The molecule has 6 heteroatoms. The molecule has 0 spiro atoms. The van der Waals surface area contributed by atoms with E-state index in [0.717, 1.165) is 30.2 Å². The third-order valence-corrected chi connectivity index (χ3v) is 7.16. The van der Waals surface area contributed by atoms with E-state index in [-0.39, 0.29) is 17.9 Å². The van der Waals surface area contributed by atoms with Crippen LogP contribution >= 0.6 is 11.8 Å². The molecule has 1 saturated heterocycles. The molecule has 3 N–H and O–H groups in total. The van der Waals surface area contributed by atoms with Gasteiger partial charge in [-0.1, -0.05) is 37.3 Å². The van der Waals surface area contributed by atoms with E-state index in [4.69, 9.17) is 0 Å². The zero-order valence-corrected chi connectivity index (χ0v) is 17.7. The van der Waals surface area contributed by atoms with Gasteiger partial charge < -0.3 is 15.5 Å². The summed E-state index contributed by atoms with van der Waals surface area (Å²) < 4.78 is 0. The number of hydrogen-bond acceptors (Lipinski definition) is 5. The Bertz CT molecular complexity index is 621. The standard InChI is InChI=1S/C22H34N2O3S/c1-2-28-15-14-24-13-12-22(20(26)16-24,18-6-4-3-5-7-18)23-21(27)17-8-10-19(25)11-9-17/h3-7,17,19-20,25-26H,2,8-16H2,1H3,(H,23,27)/t17?,19?,20-,22+/m1/s1. The number of carbonyl (C=O) groups excluding carboxylic acids is 1. The minimum Gasteiger partial charge on any atom is -0.393 e. The number of thioether (sulfide) groups is 1. The molecule has 1 saturated carbocycles. The van der Waals surface area contributed by atoms with Gasteiger partial charge >= 0.3 is 0 Å². The number of aliphatic hydroxyl groups excluding tert-OH is 2. The molecule has 1 aromatic rings. The first-order chi connectivity index (χ1) is 13.5. The Morgan fingerprint density at radius 2 is 1.93 bits per heavy atom. The van der Waals surface area contributed by atoms with Gasteiger partial charge in [0.2, 0.25) is 5.91 Å². The number of β-amino-alcohol motifs (C(OH)–C–C–N with tert-alkyl or cyclic N) is 1. The van der Waals surface area contributed by atoms with Crippen molar-refractivity contribution in [3.63, 3.8) is 0 Å². The van der Waals surface area contributed by atoms with E-state index in [0.29, 0.717) is 38.6 Å². The van der Waals surface area contributed by atoms with Gasteiger partial charge in [0.25, 0.3) is 0 Å². The van der Waals surface area contributed by atoms with Crippen molar-refractivity contribution in [2.24, 2.45) is 5.92 Å². The Labute approximate surface area is 172 Å².